The number of hydrogen-bond donors (Lipinski definition) is 0. The van der Waals surface area contributed by atoms with Crippen LogP contribution in [-0.4, -0.2) is 55.0 Å². The number of amides is 1. The predicted molar refractivity (Wildman–Crippen MR) is 125 cm³/mol. The van der Waals surface area contributed by atoms with E-state index in [2.05, 4.69) is 11.9 Å². The maximum atomic E-state index is 13.3. The Morgan fingerprint density at radius 3 is 2.47 bits per heavy atom. The van der Waals surface area contributed by atoms with Crippen molar-refractivity contribution < 1.29 is 9.18 Å². The lowest BCUT2D eigenvalue weighted by Gasteiger charge is -2.27. The lowest BCUT2D eigenvalue weighted by molar-refractivity contribution is -0.117. The van der Waals surface area contributed by atoms with Crippen molar-refractivity contribution in [2.75, 3.05) is 44.0 Å². The van der Waals surface area contributed by atoms with Gasteiger partial charge in [0.15, 0.2) is 0 Å². The number of hydrogen-bond acceptors (Lipinski definition) is 5. The van der Waals surface area contributed by atoms with Crippen LogP contribution in [0, 0.1) is 11.7 Å². The van der Waals surface area contributed by atoms with Crippen LogP contribution < -0.4 is 9.80 Å². The van der Waals surface area contributed by atoms with Gasteiger partial charge in [0, 0.05) is 51.3 Å². The van der Waals surface area contributed by atoms with Gasteiger partial charge >= 0.3 is 0 Å². The summed E-state index contributed by atoms with van der Waals surface area (Å²) in [6, 6.07) is 8.10. The molecule has 1 amide bonds. The van der Waals surface area contributed by atoms with Gasteiger partial charge in [0.05, 0.1) is 12.2 Å². The Kier molecular flexibility index (Phi) is 7.04. The zero-order valence-corrected chi connectivity index (χ0v) is 19.4. The van der Waals surface area contributed by atoms with Crippen molar-refractivity contribution in [2.24, 2.45) is 5.92 Å². The Morgan fingerprint density at radius 2 is 1.78 bits per heavy atom. The molecule has 0 bridgehead atoms. The van der Waals surface area contributed by atoms with Crippen LogP contribution in [0.2, 0.25) is 0 Å². The molecule has 1 aliphatic carbocycles. The molecule has 1 aromatic heterocycles. The number of benzene rings is 1. The Hall–Kier alpha value is -2.54. The summed E-state index contributed by atoms with van der Waals surface area (Å²) >= 11 is 0. The summed E-state index contributed by atoms with van der Waals surface area (Å²) in [4.78, 5) is 28.4. The average molecular weight is 440 g/mol. The van der Waals surface area contributed by atoms with Crippen LogP contribution in [0.3, 0.4) is 0 Å². The monoisotopic (exact) mass is 439 g/mol. The minimum absolute atomic E-state index is 0.00310. The minimum atomic E-state index is -0.301. The smallest absolute Gasteiger partial charge is 0.227 e. The van der Waals surface area contributed by atoms with Crippen LogP contribution in [-0.2, 0) is 11.3 Å². The quantitative estimate of drug-likeness (QED) is 0.647. The number of carbonyl (C=O) groups is 1. The predicted octanol–water partition coefficient (Wildman–Crippen LogP) is 4.21. The number of aromatic nitrogens is 2. The molecule has 2 aromatic rings. The molecule has 1 aliphatic heterocycles. The molecule has 2 fully saturated rings. The van der Waals surface area contributed by atoms with Crippen LogP contribution in [0.25, 0.3) is 0 Å². The summed E-state index contributed by atoms with van der Waals surface area (Å²) in [6.45, 7) is 2.32. The molecule has 0 unspecified atom stereocenters. The fourth-order valence-electron chi connectivity index (χ4n) is 4.90. The van der Waals surface area contributed by atoms with Crippen LogP contribution in [0.1, 0.15) is 56.0 Å². The molecule has 32 heavy (non-hydrogen) atoms. The van der Waals surface area contributed by atoms with Gasteiger partial charge < -0.3 is 9.80 Å². The van der Waals surface area contributed by atoms with Crippen molar-refractivity contribution >= 4 is 17.4 Å². The van der Waals surface area contributed by atoms with E-state index in [-0.39, 0.29) is 17.6 Å². The third kappa shape index (κ3) is 5.44. The lowest BCUT2D eigenvalue weighted by Crippen LogP contribution is -2.28. The molecule has 6 nitrogen and oxygen atoms in total. The topological polar surface area (TPSA) is 52.6 Å². The number of carbonyl (C=O) groups excluding carboxylic acids is 1. The molecule has 7 heteroatoms. The van der Waals surface area contributed by atoms with Crippen LogP contribution in [0.4, 0.5) is 15.9 Å². The van der Waals surface area contributed by atoms with Crippen molar-refractivity contribution in [1.82, 2.24) is 14.9 Å². The fraction of sp³-hybridized carbons (Fsp3) is 0.560. The van der Waals surface area contributed by atoms with Crippen LogP contribution in [0.5, 0.6) is 0 Å². The molecule has 1 saturated heterocycles. The van der Waals surface area contributed by atoms with Crippen LogP contribution in [0.15, 0.2) is 30.3 Å². The van der Waals surface area contributed by atoms with Crippen molar-refractivity contribution in [3.63, 3.8) is 0 Å². The lowest BCUT2D eigenvalue weighted by atomic mass is 9.89. The van der Waals surface area contributed by atoms with E-state index in [1.165, 1.54) is 44.2 Å². The fourth-order valence-corrected chi connectivity index (χ4v) is 4.90. The second-order valence-electron chi connectivity index (χ2n) is 9.54. The zero-order valence-electron chi connectivity index (χ0n) is 19.4. The molecule has 0 spiro atoms. The van der Waals surface area contributed by atoms with Gasteiger partial charge in [-0.3, -0.25) is 9.69 Å². The molecule has 1 aromatic carbocycles. The second kappa shape index (κ2) is 9.94. The highest BCUT2D eigenvalue weighted by Crippen LogP contribution is 2.32. The first-order valence-corrected chi connectivity index (χ1v) is 11.7. The van der Waals surface area contributed by atoms with E-state index in [0.717, 1.165) is 35.5 Å². The molecule has 0 N–H and O–H groups in total. The van der Waals surface area contributed by atoms with Crippen LogP contribution >= 0.6 is 0 Å². The van der Waals surface area contributed by atoms with E-state index in [9.17, 15) is 9.18 Å². The maximum Gasteiger partial charge on any atom is 0.227 e. The third-order valence-electron chi connectivity index (χ3n) is 6.62. The molecule has 4 rings (SSSR count). The van der Waals surface area contributed by atoms with E-state index in [4.69, 9.17) is 9.97 Å². The van der Waals surface area contributed by atoms with Gasteiger partial charge in [0.1, 0.15) is 17.5 Å². The number of anilines is 2. The zero-order chi connectivity index (χ0) is 22.7. The molecular weight excluding hydrogens is 405 g/mol. The largest absolute Gasteiger partial charge is 0.363 e. The molecule has 2 heterocycles. The van der Waals surface area contributed by atoms with Gasteiger partial charge in [0.25, 0.3) is 0 Å². The van der Waals surface area contributed by atoms with E-state index in [1.54, 1.807) is 17.0 Å². The van der Waals surface area contributed by atoms with Gasteiger partial charge in [0.2, 0.25) is 5.91 Å². The molecule has 1 saturated carbocycles. The average Bonchev–Trinajstić information content (AvgIpc) is 3.16. The standard InChI is InChI=1S/C25H34FN5O/c1-29(2)24-14-22(19-13-25(32)31(16-19)21-11-9-20(26)10-12-21)27-23(28-24)17-30(3)15-18-7-5-4-6-8-18/h9-12,14,18-19H,4-8,13,15-17H2,1-3H3/t19-/m1/s1. The van der Waals surface area contributed by atoms with E-state index in [1.807, 2.05) is 25.1 Å². The summed E-state index contributed by atoms with van der Waals surface area (Å²) in [6.07, 6.45) is 7.09. The first kappa shape index (κ1) is 22.6. The summed E-state index contributed by atoms with van der Waals surface area (Å²) in [5, 5.41) is 0. The van der Waals surface area contributed by atoms with Gasteiger partial charge in [-0.15, -0.1) is 0 Å². The van der Waals surface area contributed by atoms with Gasteiger partial charge in [-0.1, -0.05) is 19.3 Å². The molecule has 0 radical (unpaired) electrons. The highest BCUT2D eigenvalue weighted by Gasteiger charge is 2.33. The molecule has 172 valence electrons. The Morgan fingerprint density at radius 1 is 1.06 bits per heavy atom. The van der Waals surface area contributed by atoms with E-state index < -0.39 is 0 Å². The van der Waals surface area contributed by atoms with Crippen molar-refractivity contribution in [1.29, 1.82) is 0 Å². The van der Waals surface area contributed by atoms with E-state index in [0.29, 0.717) is 19.5 Å². The SMILES string of the molecule is CN(Cc1nc([C@@H]2CC(=O)N(c3ccc(F)cc3)C2)cc(N(C)C)n1)CC1CCCCC1. The van der Waals surface area contributed by atoms with Gasteiger partial charge in [-0.2, -0.15) is 0 Å². The Bertz CT molecular complexity index is 926. The summed E-state index contributed by atoms with van der Waals surface area (Å²) in [5.41, 5.74) is 1.64. The third-order valence-corrected chi connectivity index (χ3v) is 6.62. The first-order valence-electron chi connectivity index (χ1n) is 11.7. The molecule has 2 aliphatic rings. The van der Waals surface area contributed by atoms with Crippen molar-refractivity contribution in [3.05, 3.63) is 47.7 Å². The number of rotatable bonds is 7. The Labute approximate surface area is 190 Å². The van der Waals surface area contributed by atoms with Crippen molar-refractivity contribution in [2.45, 2.75) is 51.0 Å². The number of halogens is 1. The van der Waals surface area contributed by atoms with E-state index >= 15 is 0 Å². The normalized spacial score (nSPS) is 19.7. The highest BCUT2D eigenvalue weighted by atomic mass is 19.1. The summed E-state index contributed by atoms with van der Waals surface area (Å²) in [5.74, 6) is 2.17. The maximum absolute atomic E-state index is 13.3. The molecular formula is C25H34FN5O. The Balaban J connectivity index is 1.50. The molecule has 1 atom stereocenters. The van der Waals surface area contributed by atoms with Crippen molar-refractivity contribution in [3.8, 4) is 0 Å². The number of nitrogens with zero attached hydrogens (tertiary/aromatic N) is 5. The summed E-state index contributed by atoms with van der Waals surface area (Å²) < 4.78 is 13.3. The first-order chi connectivity index (χ1) is 15.4. The van der Waals surface area contributed by atoms with Gasteiger partial charge in [-0.05, 0) is 50.1 Å². The minimum Gasteiger partial charge on any atom is -0.363 e. The summed E-state index contributed by atoms with van der Waals surface area (Å²) in [7, 11) is 6.11. The highest BCUT2D eigenvalue weighted by molar-refractivity contribution is 5.96. The van der Waals surface area contributed by atoms with Gasteiger partial charge in [-0.25, -0.2) is 14.4 Å². The second-order valence-corrected chi connectivity index (χ2v) is 9.54.